The zero-order chi connectivity index (χ0) is 18.7. The van der Waals surface area contributed by atoms with Gasteiger partial charge in [0.2, 0.25) is 5.84 Å². The van der Waals surface area contributed by atoms with Gasteiger partial charge in [-0.3, -0.25) is 5.32 Å². The lowest BCUT2D eigenvalue weighted by Gasteiger charge is -2.14. The van der Waals surface area contributed by atoms with Crippen LogP contribution in [0.3, 0.4) is 0 Å². The van der Waals surface area contributed by atoms with Gasteiger partial charge in [-0.05, 0) is 23.8 Å². The van der Waals surface area contributed by atoms with Gasteiger partial charge in [-0.15, -0.1) is 0 Å². The number of carbonyl (C=O) groups is 1. The van der Waals surface area contributed by atoms with Crippen molar-refractivity contribution in [3.05, 3.63) is 59.7 Å². The van der Waals surface area contributed by atoms with Gasteiger partial charge in [0.05, 0.1) is 11.3 Å². The highest BCUT2D eigenvalue weighted by Gasteiger charge is 2.50. The average Bonchev–Trinajstić information content (AvgIpc) is 2.82. The maximum atomic E-state index is 14.5. The summed E-state index contributed by atoms with van der Waals surface area (Å²) in [5.41, 5.74) is 1.05. The van der Waals surface area contributed by atoms with Crippen molar-refractivity contribution in [2.45, 2.75) is 12.5 Å². The Morgan fingerprint density at radius 2 is 1.96 bits per heavy atom. The Morgan fingerprint density at radius 1 is 1.23 bits per heavy atom. The molecule has 0 bridgehead atoms. The first-order valence-electron chi connectivity index (χ1n) is 7.79. The van der Waals surface area contributed by atoms with Crippen molar-refractivity contribution >= 4 is 23.3 Å². The smallest absolute Gasteiger partial charge is 0.411 e. The van der Waals surface area contributed by atoms with Crippen LogP contribution >= 0.6 is 0 Å². The molecular weight excluding hydrogens is 344 g/mol. The van der Waals surface area contributed by atoms with Gasteiger partial charge in [0.25, 0.3) is 0 Å². The van der Waals surface area contributed by atoms with Crippen LogP contribution in [0.4, 0.5) is 25.0 Å². The molecule has 1 N–H and O–H groups in total. The summed E-state index contributed by atoms with van der Waals surface area (Å²) in [5, 5.41) is 5.86. The van der Waals surface area contributed by atoms with E-state index in [0.29, 0.717) is 0 Å². The third-order valence-corrected chi connectivity index (χ3v) is 3.93. The van der Waals surface area contributed by atoms with E-state index in [1.807, 2.05) is 30.3 Å². The molecule has 0 aromatic heterocycles. The van der Waals surface area contributed by atoms with Crippen LogP contribution in [-0.2, 0) is 22.1 Å². The molecule has 136 valence electrons. The number of benzene rings is 2. The molecule has 1 aliphatic rings. The number of ether oxygens (including phenoxy) is 1. The van der Waals surface area contributed by atoms with E-state index in [9.17, 15) is 13.6 Å². The third kappa shape index (κ3) is 3.30. The summed E-state index contributed by atoms with van der Waals surface area (Å²) >= 11 is 0. The van der Waals surface area contributed by atoms with Crippen LogP contribution in [-0.4, -0.2) is 26.1 Å². The molecule has 1 amide bonds. The molecule has 3 rings (SSSR count). The summed E-state index contributed by atoms with van der Waals surface area (Å²) in [7, 11) is 2.68. The molecule has 26 heavy (non-hydrogen) atoms. The Morgan fingerprint density at radius 3 is 2.65 bits per heavy atom. The standard InChI is InChI=1S/C18H17F2N3O3/c1-23-15-9-8-13(10-14(15)18(19,20)16(23)22-25-2)21-17(24)26-11-12-6-4-3-5-7-12/h3-10H,11H2,1-2H3,(H,21,24). The highest BCUT2D eigenvalue weighted by molar-refractivity contribution is 6.09. The van der Waals surface area contributed by atoms with Gasteiger partial charge in [-0.2, -0.15) is 8.78 Å². The first-order valence-corrected chi connectivity index (χ1v) is 7.79. The van der Waals surface area contributed by atoms with Gasteiger partial charge in [0, 0.05) is 12.7 Å². The molecule has 1 heterocycles. The summed E-state index contributed by atoms with van der Waals surface area (Å²) in [6, 6.07) is 13.3. The number of amidine groups is 1. The number of nitrogens with zero attached hydrogens (tertiary/aromatic N) is 2. The molecular formula is C18H17F2N3O3. The second kappa shape index (κ2) is 6.99. The van der Waals surface area contributed by atoms with Gasteiger partial charge in [0.1, 0.15) is 13.7 Å². The lowest BCUT2D eigenvalue weighted by atomic mass is 10.1. The SMILES string of the molecule is CON=C1N(C)c2ccc(NC(=O)OCc3ccccc3)cc2C1(F)F. The van der Waals surface area contributed by atoms with E-state index in [2.05, 4.69) is 15.3 Å². The normalized spacial score (nSPS) is 16.3. The van der Waals surface area contributed by atoms with Crippen molar-refractivity contribution in [1.82, 2.24) is 0 Å². The highest BCUT2D eigenvalue weighted by Crippen LogP contribution is 2.45. The number of carbonyl (C=O) groups excluding carboxylic acids is 1. The summed E-state index contributed by atoms with van der Waals surface area (Å²) in [6.45, 7) is 0.0845. The first kappa shape index (κ1) is 17.7. The van der Waals surface area contributed by atoms with Crippen molar-refractivity contribution in [1.29, 1.82) is 0 Å². The molecule has 1 aliphatic heterocycles. The minimum absolute atomic E-state index is 0.0845. The van der Waals surface area contributed by atoms with E-state index in [4.69, 9.17) is 4.74 Å². The number of fused-ring (bicyclic) bond motifs is 1. The van der Waals surface area contributed by atoms with Crippen LogP contribution in [0.15, 0.2) is 53.7 Å². The van der Waals surface area contributed by atoms with Crippen LogP contribution in [0.2, 0.25) is 0 Å². The molecule has 0 unspecified atom stereocenters. The summed E-state index contributed by atoms with van der Waals surface area (Å²) in [4.78, 5) is 17.7. The van der Waals surface area contributed by atoms with Crippen LogP contribution in [0.25, 0.3) is 0 Å². The zero-order valence-electron chi connectivity index (χ0n) is 14.2. The Hall–Kier alpha value is -3.16. The molecule has 0 saturated heterocycles. The number of amides is 1. The maximum Gasteiger partial charge on any atom is 0.411 e. The number of rotatable bonds is 4. The number of hydrogen-bond acceptors (Lipinski definition) is 4. The fourth-order valence-electron chi connectivity index (χ4n) is 2.69. The van der Waals surface area contributed by atoms with E-state index in [0.717, 1.165) is 5.56 Å². The Bertz CT molecular complexity index is 841. The second-order valence-corrected chi connectivity index (χ2v) is 5.65. The topological polar surface area (TPSA) is 63.2 Å². The highest BCUT2D eigenvalue weighted by atomic mass is 19.3. The largest absolute Gasteiger partial charge is 0.444 e. The molecule has 0 spiro atoms. The summed E-state index contributed by atoms with van der Waals surface area (Å²) in [6.07, 6.45) is -0.728. The number of alkyl halides is 2. The van der Waals surface area contributed by atoms with Crippen molar-refractivity contribution < 1.29 is 23.1 Å². The van der Waals surface area contributed by atoms with E-state index >= 15 is 0 Å². The quantitative estimate of drug-likeness (QED) is 0.838. The third-order valence-electron chi connectivity index (χ3n) is 3.93. The van der Waals surface area contributed by atoms with Crippen LogP contribution in [0, 0.1) is 0 Å². The fourth-order valence-corrected chi connectivity index (χ4v) is 2.69. The number of likely N-dealkylation sites (N-methyl/N-ethyl adjacent to an activating group) is 1. The lowest BCUT2D eigenvalue weighted by Crippen LogP contribution is -2.32. The average molecular weight is 361 g/mol. The summed E-state index contributed by atoms with van der Waals surface area (Å²) in [5.74, 6) is -3.84. The van der Waals surface area contributed by atoms with E-state index < -0.39 is 17.9 Å². The number of anilines is 2. The molecule has 0 aliphatic carbocycles. The minimum Gasteiger partial charge on any atom is -0.444 e. The summed E-state index contributed by atoms with van der Waals surface area (Å²) < 4.78 is 34.2. The molecule has 0 atom stereocenters. The van der Waals surface area contributed by atoms with E-state index in [1.54, 1.807) is 0 Å². The van der Waals surface area contributed by atoms with E-state index in [1.165, 1.54) is 37.3 Å². The fraction of sp³-hybridized carbons (Fsp3) is 0.222. The van der Waals surface area contributed by atoms with Crippen molar-refractivity contribution in [3.8, 4) is 0 Å². The Kier molecular flexibility index (Phi) is 4.75. The predicted molar refractivity (Wildman–Crippen MR) is 93.4 cm³/mol. The molecule has 0 fully saturated rings. The molecule has 6 nitrogen and oxygen atoms in total. The first-order chi connectivity index (χ1) is 12.4. The minimum atomic E-state index is -3.33. The molecule has 0 radical (unpaired) electrons. The van der Waals surface area contributed by atoms with Gasteiger partial charge in [-0.1, -0.05) is 35.5 Å². The predicted octanol–water partition coefficient (Wildman–Crippen LogP) is 3.94. The van der Waals surface area contributed by atoms with Gasteiger partial charge in [0.15, 0.2) is 0 Å². The maximum absolute atomic E-state index is 14.5. The second-order valence-electron chi connectivity index (χ2n) is 5.65. The van der Waals surface area contributed by atoms with Gasteiger partial charge < -0.3 is 14.5 Å². The van der Waals surface area contributed by atoms with Crippen LogP contribution < -0.4 is 10.2 Å². The number of oxime groups is 1. The number of hydrogen-bond donors (Lipinski definition) is 1. The van der Waals surface area contributed by atoms with Crippen LogP contribution in [0.1, 0.15) is 11.1 Å². The van der Waals surface area contributed by atoms with Crippen LogP contribution in [0.5, 0.6) is 0 Å². The molecule has 8 heteroatoms. The van der Waals surface area contributed by atoms with Crippen molar-refractivity contribution in [2.75, 3.05) is 24.4 Å². The molecule has 0 saturated carbocycles. The van der Waals surface area contributed by atoms with E-state index in [-0.39, 0.29) is 23.5 Å². The molecule has 2 aromatic rings. The molecule has 2 aromatic carbocycles. The Labute approximate surface area is 149 Å². The van der Waals surface area contributed by atoms with Crippen molar-refractivity contribution in [2.24, 2.45) is 5.16 Å². The van der Waals surface area contributed by atoms with Crippen molar-refractivity contribution in [3.63, 3.8) is 0 Å². The number of nitrogens with one attached hydrogen (secondary N) is 1. The van der Waals surface area contributed by atoms with Gasteiger partial charge in [-0.25, -0.2) is 4.79 Å². The number of halogens is 2. The zero-order valence-corrected chi connectivity index (χ0v) is 14.2. The van der Waals surface area contributed by atoms with Gasteiger partial charge >= 0.3 is 12.0 Å². The monoisotopic (exact) mass is 361 g/mol. The Balaban J connectivity index is 1.73. The lowest BCUT2D eigenvalue weighted by molar-refractivity contribution is 0.0728.